The molecule has 0 aliphatic carbocycles. The lowest BCUT2D eigenvalue weighted by atomic mass is 10.2. The molecule has 2 amide bonds. The second-order valence-corrected chi connectivity index (χ2v) is 5.42. The van der Waals surface area contributed by atoms with Gasteiger partial charge in [0.15, 0.2) is 0 Å². The number of carbonyl (C=O) groups excluding carboxylic acids is 2. The van der Waals surface area contributed by atoms with Crippen LogP contribution in [0.5, 0.6) is 0 Å². The number of anilines is 1. The molecule has 1 aromatic heterocycles. The molecule has 1 aromatic carbocycles. The van der Waals surface area contributed by atoms with Crippen LogP contribution in [0.3, 0.4) is 0 Å². The van der Waals surface area contributed by atoms with Crippen molar-refractivity contribution in [1.82, 2.24) is 5.32 Å². The highest BCUT2D eigenvalue weighted by Gasteiger charge is 2.17. The maximum Gasteiger partial charge on any atom is 0.261 e. The minimum atomic E-state index is -0.593. The first-order valence-electron chi connectivity index (χ1n) is 6.29. The van der Waals surface area contributed by atoms with Gasteiger partial charge in [0.2, 0.25) is 5.91 Å². The molecule has 0 saturated carbocycles. The minimum absolute atomic E-state index is 0.229. The second kappa shape index (κ2) is 6.34. The molecule has 2 N–H and O–H groups in total. The van der Waals surface area contributed by atoms with Crippen molar-refractivity contribution < 1.29 is 9.59 Å². The summed E-state index contributed by atoms with van der Waals surface area (Å²) in [7, 11) is 0. The Morgan fingerprint density at radius 1 is 1.15 bits per heavy atom. The maximum absolute atomic E-state index is 12.0. The number of hydrogen-bond donors (Lipinski definition) is 2. The van der Waals surface area contributed by atoms with E-state index in [1.165, 1.54) is 11.3 Å². The van der Waals surface area contributed by atoms with Gasteiger partial charge in [0, 0.05) is 5.69 Å². The molecule has 0 radical (unpaired) electrons. The number of rotatable bonds is 4. The van der Waals surface area contributed by atoms with Crippen LogP contribution in [0.2, 0.25) is 0 Å². The minimum Gasteiger partial charge on any atom is -0.340 e. The van der Waals surface area contributed by atoms with E-state index in [4.69, 9.17) is 0 Å². The van der Waals surface area contributed by atoms with E-state index in [1.807, 2.05) is 36.6 Å². The SMILES string of the molecule is Cc1ccccc1NC(=O)[C@H](C)NC(=O)c1cccs1. The summed E-state index contributed by atoms with van der Waals surface area (Å²) in [6, 6.07) is 10.5. The summed E-state index contributed by atoms with van der Waals surface area (Å²) in [5, 5.41) is 7.32. The Balaban J connectivity index is 1.96. The van der Waals surface area contributed by atoms with Crippen LogP contribution in [0.1, 0.15) is 22.2 Å². The molecular formula is C15H16N2O2S. The van der Waals surface area contributed by atoms with E-state index in [1.54, 1.807) is 19.1 Å². The van der Waals surface area contributed by atoms with Crippen molar-refractivity contribution in [3.63, 3.8) is 0 Å². The van der Waals surface area contributed by atoms with Gasteiger partial charge >= 0.3 is 0 Å². The number of amides is 2. The standard InChI is InChI=1S/C15H16N2O2S/c1-10-6-3-4-7-12(10)17-14(18)11(2)16-15(19)13-8-5-9-20-13/h3-9,11H,1-2H3,(H,16,19)(H,17,18)/t11-/m0/s1. The number of benzene rings is 1. The molecular weight excluding hydrogens is 272 g/mol. The molecule has 0 fully saturated rings. The summed E-state index contributed by atoms with van der Waals surface area (Å²) in [4.78, 5) is 24.5. The van der Waals surface area contributed by atoms with Gasteiger partial charge in [-0.05, 0) is 36.9 Å². The molecule has 20 heavy (non-hydrogen) atoms. The van der Waals surface area contributed by atoms with Crippen molar-refractivity contribution in [2.24, 2.45) is 0 Å². The Labute approximate surface area is 121 Å². The van der Waals surface area contributed by atoms with Crippen LogP contribution in [-0.4, -0.2) is 17.9 Å². The van der Waals surface area contributed by atoms with Gasteiger partial charge in [-0.15, -0.1) is 11.3 Å². The monoisotopic (exact) mass is 288 g/mol. The zero-order valence-electron chi connectivity index (χ0n) is 11.3. The van der Waals surface area contributed by atoms with Gasteiger partial charge in [0.1, 0.15) is 6.04 Å². The fourth-order valence-corrected chi connectivity index (χ4v) is 2.32. The van der Waals surface area contributed by atoms with Gasteiger partial charge in [-0.25, -0.2) is 0 Å². The number of thiophene rings is 1. The molecule has 0 aliphatic heterocycles. The van der Waals surface area contributed by atoms with Crippen molar-refractivity contribution in [3.8, 4) is 0 Å². The third-order valence-electron chi connectivity index (χ3n) is 2.89. The van der Waals surface area contributed by atoms with Crippen LogP contribution in [-0.2, 0) is 4.79 Å². The van der Waals surface area contributed by atoms with E-state index in [2.05, 4.69) is 10.6 Å². The lowest BCUT2D eigenvalue weighted by molar-refractivity contribution is -0.117. The molecule has 4 nitrogen and oxygen atoms in total. The van der Waals surface area contributed by atoms with Crippen LogP contribution in [0.25, 0.3) is 0 Å². The fourth-order valence-electron chi connectivity index (χ4n) is 1.70. The highest BCUT2D eigenvalue weighted by Crippen LogP contribution is 2.13. The number of carbonyl (C=O) groups is 2. The molecule has 2 aromatic rings. The molecule has 1 heterocycles. The predicted octanol–water partition coefficient (Wildman–Crippen LogP) is 2.81. The Morgan fingerprint density at radius 3 is 2.55 bits per heavy atom. The number of aryl methyl sites for hydroxylation is 1. The summed E-state index contributed by atoms with van der Waals surface area (Å²) in [6.07, 6.45) is 0. The highest BCUT2D eigenvalue weighted by molar-refractivity contribution is 7.12. The van der Waals surface area contributed by atoms with Crippen LogP contribution in [0.4, 0.5) is 5.69 Å². The van der Waals surface area contributed by atoms with E-state index in [-0.39, 0.29) is 11.8 Å². The van der Waals surface area contributed by atoms with Crippen molar-refractivity contribution in [1.29, 1.82) is 0 Å². The van der Waals surface area contributed by atoms with Gasteiger partial charge in [-0.1, -0.05) is 24.3 Å². The molecule has 1 atom stereocenters. The van der Waals surface area contributed by atoms with E-state index < -0.39 is 6.04 Å². The fraction of sp³-hybridized carbons (Fsp3) is 0.200. The van der Waals surface area contributed by atoms with Crippen molar-refractivity contribution in [2.45, 2.75) is 19.9 Å². The lowest BCUT2D eigenvalue weighted by Crippen LogP contribution is -2.41. The van der Waals surface area contributed by atoms with Crippen LogP contribution >= 0.6 is 11.3 Å². The molecule has 0 saturated heterocycles. The van der Waals surface area contributed by atoms with E-state index in [9.17, 15) is 9.59 Å². The predicted molar refractivity (Wildman–Crippen MR) is 81.1 cm³/mol. The number of para-hydroxylation sites is 1. The Bertz CT molecular complexity index is 608. The molecule has 5 heteroatoms. The average Bonchev–Trinajstić information content (AvgIpc) is 2.95. The van der Waals surface area contributed by atoms with E-state index >= 15 is 0 Å². The summed E-state index contributed by atoms with van der Waals surface area (Å²) < 4.78 is 0. The zero-order valence-corrected chi connectivity index (χ0v) is 12.2. The Kier molecular flexibility index (Phi) is 4.53. The van der Waals surface area contributed by atoms with Gasteiger partial charge in [-0.3, -0.25) is 9.59 Å². The normalized spacial score (nSPS) is 11.7. The topological polar surface area (TPSA) is 58.2 Å². The largest absolute Gasteiger partial charge is 0.340 e. The Hall–Kier alpha value is -2.14. The third kappa shape index (κ3) is 3.45. The summed E-state index contributed by atoms with van der Waals surface area (Å²) >= 11 is 1.35. The molecule has 0 aliphatic rings. The smallest absolute Gasteiger partial charge is 0.261 e. The highest BCUT2D eigenvalue weighted by atomic mass is 32.1. The first kappa shape index (κ1) is 14.3. The van der Waals surface area contributed by atoms with Gasteiger partial charge < -0.3 is 10.6 Å². The third-order valence-corrected chi connectivity index (χ3v) is 3.76. The zero-order chi connectivity index (χ0) is 14.5. The van der Waals surface area contributed by atoms with Crippen molar-refractivity contribution in [3.05, 3.63) is 52.2 Å². The van der Waals surface area contributed by atoms with Gasteiger partial charge in [0.25, 0.3) is 5.91 Å². The van der Waals surface area contributed by atoms with E-state index in [0.29, 0.717) is 4.88 Å². The molecule has 104 valence electrons. The molecule has 2 rings (SSSR count). The first-order valence-corrected chi connectivity index (χ1v) is 7.17. The number of nitrogens with one attached hydrogen (secondary N) is 2. The second-order valence-electron chi connectivity index (χ2n) is 4.48. The number of hydrogen-bond acceptors (Lipinski definition) is 3. The molecule has 0 bridgehead atoms. The van der Waals surface area contributed by atoms with Crippen LogP contribution < -0.4 is 10.6 Å². The quantitative estimate of drug-likeness (QED) is 0.909. The van der Waals surface area contributed by atoms with Gasteiger partial charge in [0.05, 0.1) is 4.88 Å². The van der Waals surface area contributed by atoms with Crippen molar-refractivity contribution >= 4 is 28.8 Å². The van der Waals surface area contributed by atoms with Crippen LogP contribution in [0.15, 0.2) is 41.8 Å². The van der Waals surface area contributed by atoms with Gasteiger partial charge in [-0.2, -0.15) is 0 Å². The van der Waals surface area contributed by atoms with E-state index in [0.717, 1.165) is 11.3 Å². The molecule has 0 spiro atoms. The maximum atomic E-state index is 12.0. The first-order chi connectivity index (χ1) is 9.58. The van der Waals surface area contributed by atoms with Crippen molar-refractivity contribution in [2.75, 3.05) is 5.32 Å². The Morgan fingerprint density at radius 2 is 1.90 bits per heavy atom. The van der Waals surface area contributed by atoms with Crippen LogP contribution in [0, 0.1) is 6.92 Å². The lowest BCUT2D eigenvalue weighted by Gasteiger charge is -2.14. The molecule has 0 unspecified atom stereocenters. The summed E-state index contributed by atoms with van der Waals surface area (Å²) in [5.41, 5.74) is 1.74. The summed E-state index contributed by atoms with van der Waals surface area (Å²) in [5.74, 6) is -0.461. The average molecular weight is 288 g/mol. The summed E-state index contributed by atoms with van der Waals surface area (Å²) in [6.45, 7) is 3.59.